The van der Waals surface area contributed by atoms with Crippen LogP contribution in [0.4, 0.5) is 5.82 Å². The van der Waals surface area contributed by atoms with Gasteiger partial charge >= 0.3 is 0 Å². The molecule has 82 valence electrons. The van der Waals surface area contributed by atoms with Gasteiger partial charge in [-0.3, -0.25) is 10.1 Å². The second-order valence-corrected chi connectivity index (χ2v) is 4.06. The average Bonchev–Trinajstić information content (AvgIpc) is 2.82. The van der Waals surface area contributed by atoms with E-state index in [2.05, 4.69) is 15.4 Å². The van der Waals surface area contributed by atoms with Crippen molar-refractivity contribution in [1.29, 1.82) is 0 Å². The molecule has 0 atom stereocenters. The van der Waals surface area contributed by atoms with Crippen molar-refractivity contribution in [2.24, 2.45) is 0 Å². The molecule has 0 amide bonds. The summed E-state index contributed by atoms with van der Waals surface area (Å²) in [5, 5.41) is 0. The SMILES string of the molecule is c1ccn(Nc2ncnc3c2CCCC3)c1. The molecule has 0 spiro atoms. The number of aryl methyl sites for hydroxylation is 1. The normalized spacial score (nSPS) is 14.5. The standard InChI is InChI=1S/C12H14N4/c1-2-6-11-10(5-1)12(14-9-13-11)15-16-7-3-4-8-16/h3-4,7-9H,1-2,5-6H2,(H,13,14,15). The topological polar surface area (TPSA) is 42.7 Å². The quantitative estimate of drug-likeness (QED) is 0.831. The van der Waals surface area contributed by atoms with Gasteiger partial charge in [-0.2, -0.15) is 0 Å². The zero-order valence-corrected chi connectivity index (χ0v) is 9.06. The van der Waals surface area contributed by atoms with Crippen molar-refractivity contribution in [1.82, 2.24) is 14.6 Å². The number of nitrogens with one attached hydrogen (secondary N) is 1. The predicted molar refractivity (Wildman–Crippen MR) is 62.1 cm³/mol. The van der Waals surface area contributed by atoms with Crippen LogP contribution in [0.1, 0.15) is 24.1 Å². The van der Waals surface area contributed by atoms with Crippen LogP contribution in [0.15, 0.2) is 30.9 Å². The summed E-state index contributed by atoms with van der Waals surface area (Å²) in [7, 11) is 0. The molecule has 0 aromatic carbocycles. The van der Waals surface area contributed by atoms with Crippen LogP contribution in [0.25, 0.3) is 0 Å². The van der Waals surface area contributed by atoms with Gasteiger partial charge in [0.2, 0.25) is 0 Å². The van der Waals surface area contributed by atoms with E-state index in [-0.39, 0.29) is 0 Å². The fraction of sp³-hybridized carbons (Fsp3) is 0.333. The molecule has 4 heteroatoms. The number of nitrogens with zero attached hydrogens (tertiary/aromatic N) is 3. The smallest absolute Gasteiger partial charge is 0.151 e. The van der Waals surface area contributed by atoms with Crippen LogP contribution in [-0.4, -0.2) is 14.6 Å². The molecule has 2 aromatic rings. The maximum absolute atomic E-state index is 4.35. The Hall–Kier alpha value is -1.84. The van der Waals surface area contributed by atoms with Gasteiger partial charge in [0.1, 0.15) is 6.33 Å². The highest BCUT2D eigenvalue weighted by Gasteiger charge is 2.15. The Labute approximate surface area is 94.3 Å². The minimum Gasteiger partial charge on any atom is -0.278 e. The summed E-state index contributed by atoms with van der Waals surface area (Å²) in [5.41, 5.74) is 5.76. The Balaban J connectivity index is 1.94. The molecule has 0 saturated carbocycles. The molecule has 0 aliphatic heterocycles. The molecule has 1 aliphatic carbocycles. The van der Waals surface area contributed by atoms with Gasteiger partial charge in [0, 0.05) is 23.7 Å². The van der Waals surface area contributed by atoms with Crippen LogP contribution in [0.5, 0.6) is 0 Å². The molecule has 0 fully saturated rings. The lowest BCUT2D eigenvalue weighted by atomic mass is 9.97. The van der Waals surface area contributed by atoms with E-state index in [0.717, 1.165) is 18.7 Å². The van der Waals surface area contributed by atoms with Crippen LogP contribution >= 0.6 is 0 Å². The number of anilines is 1. The van der Waals surface area contributed by atoms with Crippen LogP contribution in [0, 0.1) is 0 Å². The van der Waals surface area contributed by atoms with Crippen molar-refractivity contribution in [3.63, 3.8) is 0 Å². The third kappa shape index (κ3) is 1.66. The maximum Gasteiger partial charge on any atom is 0.151 e. The molecule has 1 aliphatic rings. The van der Waals surface area contributed by atoms with E-state index in [9.17, 15) is 0 Å². The Morgan fingerprint density at radius 2 is 1.88 bits per heavy atom. The van der Waals surface area contributed by atoms with Gasteiger partial charge in [0.25, 0.3) is 0 Å². The Kier molecular flexibility index (Phi) is 2.33. The molecule has 3 rings (SSSR count). The zero-order chi connectivity index (χ0) is 10.8. The molecule has 0 unspecified atom stereocenters. The van der Waals surface area contributed by atoms with Gasteiger partial charge in [-0.25, -0.2) is 9.97 Å². The second-order valence-electron chi connectivity index (χ2n) is 4.06. The van der Waals surface area contributed by atoms with Crippen LogP contribution in [0.2, 0.25) is 0 Å². The van der Waals surface area contributed by atoms with Crippen LogP contribution in [-0.2, 0) is 12.8 Å². The number of hydrogen-bond acceptors (Lipinski definition) is 3. The molecular formula is C12H14N4. The largest absolute Gasteiger partial charge is 0.278 e. The third-order valence-electron chi connectivity index (χ3n) is 2.96. The van der Waals surface area contributed by atoms with Crippen molar-refractivity contribution >= 4 is 5.82 Å². The maximum atomic E-state index is 4.35. The third-order valence-corrected chi connectivity index (χ3v) is 2.96. The summed E-state index contributed by atoms with van der Waals surface area (Å²) in [5.74, 6) is 0.945. The first-order chi connectivity index (χ1) is 7.93. The van der Waals surface area contributed by atoms with Gasteiger partial charge in [0.15, 0.2) is 5.82 Å². The summed E-state index contributed by atoms with van der Waals surface area (Å²) < 4.78 is 1.91. The summed E-state index contributed by atoms with van der Waals surface area (Å²) >= 11 is 0. The van der Waals surface area contributed by atoms with Gasteiger partial charge in [-0.05, 0) is 37.8 Å². The van der Waals surface area contributed by atoms with Crippen molar-refractivity contribution < 1.29 is 0 Å². The Morgan fingerprint density at radius 1 is 1.06 bits per heavy atom. The molecule has 1 N–H and O–H groups in total. The molecule has 0 bridgehead atoms. The fourth-order valence-corrected chi connectivity index (χ4v) is 2.15. The summed E-state index contributed by atoms with van der Waals surface area (Å²) in [6.07, 6.45) is 10.2. The average molecular weight is 214 g/mol. The Morgan fingerprint density at radius 3 is 2.75 bits per heavy atom. The highest BCUT2D eigenvalue weighted by molar-refractivity contribution is 5.46. The van der Waals surface area contributed by atoms with Crippen LogP contribution < -0.4 is 5.43 Å². The van der Waals surface area contributed by atoms with E-state index in [1.165, 1.54) is 24.1 Å². The van der Waals surface area contributed by atoms with E-state index < -0.39 is 0 Å². The van der Waals surface area contributed by atoms with Gasteiger partial charge < -0.3 is 0 Å². The minimum atomic E-state index is 0.945. The number of hydrogen-bond donors (Lipinski definition) is 1. The fourth-order valence-electron chi connectivity index (χ4n) is 2.15. The number of fused-ring (bicyclic) bond motifs is 1. The van der Waals surface area contributed by atoms with Crippen molar-refractivity contribution in [2.45, 2.75) is 25.7 Å². The van der Waals surface area contributed by atoms with Gasteiger partial charge in [0.05, 0.1) is 0 Å². The Bertz CT molecular complexity index is 476. The summed E-state index contributed by atoms with van der Waals surface area (Å²) in [4.78, 5) is 8.67. The monoisotopic (exact) mass is 214 g/mol. The molecule has 0 radical (unpaired) electrons. The highest BCUT2D eigenvalue weighted by atomic mass is 15.4. The number of rotatable bonds is 2. The first-order valence-corrected chi connectivity index (χ1v) is 5.66. The highest BCUT2D eigenvalue weighted by Crippen LogP contribution is 2.24. The molecule has 2 heterocycles. The van der Waals surface area contributed by atoms with Crippen molar-refractivity contribution in [3.8, 4) is 0 Å². The molecule has 2 aromatic heterocycles. The van der Waals surface area contributed by atoms with Gasteiger partial charge in [-0.1, -0.05) is 0 Å². The first kappa shape index (κ1) is 9.39. The van der Waals surface area contributed by atoms with E-state index in [0.29, 0.717) is 0 Å². The lowest BCUT2D eigenvalue weighted by Crippen LogP contribution is -2.14. The lowest BCUT2D eigenvalue weighted by molar-refractivity contribution is 0.662. The van der Waals surface area contributed by atoms with Crippen molar-refractivity contribution in [2.75, 3.05) is 5.43 Å². The molecular weight excluding hydrogens is 200 g/mol. The van der Waals surface area contributed by atoms with E-state index in [1.54, 1.807) is 6.33 Å². The lowest BCUT2D eigenvalue weighted by Gasteiger charge is -2.18. The second kappa shape index (κ2) is 3.96. The first-order valence-electron chi connectivity index (χ1n) is 5.66. The van der Waals surface area contributed by atoms with Crippen LogP contribution in [0.3, 0.4) is 0 Å². The van der Waals surface area contributed by atoms with E-state index in [1.807, 2.05) is 29.2 Å². The predicted octanol–water partition coefficient (Wildman–Crippen LogP) is 2.03. The summed E-state index contributed by atoms with van der Waals surface area (Å²) in [6, 6.07) is 3.97. The molecule has 4 nitrogen and oxygen atoms in total. The van der Waals surface area contributed by atoms with E-state index >= 15 is 0 Å². The number of aromatic nitrogens is 3. The summed E-state index contributed by atoms with van der Waals surface area (Å²) in [6.45, 7) is 0. The van der Waals surface area contributed by atoms with Gasteiger partial charge in [-0.15, -0.1) is 0 Å². The van der Waals surface area contributed by atoms with Crippen molar-refractivity contribution in [3.05, 3.63) is 42.1 Å². The zero-order valence-electron chi connectivity index (χ0n) is 9.06. The minimum absolute atomic E-state index is 0.945. The van der Waals surface area contributed by atoms with E-state index in [4.69, 9.17) is 0 Å². The molecule has 0 saturated heterocycles. The molecule has 16 heavy (non-hydrogen) atoms.